The lowest BCUT2D eigenvalue weighted by molar-refractivity contribution is -0.275. The molecule has 5 rings (SSSR count). The Kier molecular flexibility index (Phi) is 5.84. The lowest BCUT2D eigenvalue weighted by atomic mass is 10.0. The molecule has 10 heteroatoms. The van der Waals surface area contributed by atoms with Gasteiger partial charge in [-0.1, -0.05) is 48.5 Å². The first-order chi connectivity index (χ1) is 16.4. The molecule has 1 aliphatic heterocycles. The number of ether oxygens (including phenoxy) is 4. The Morgan fingerprint density at radius 2 is 1.76 bits per heavy atom. The second-order valence-corrected chi connectivity index (χ2v) is 7.76. The minimum absolute atomic E-state index is 0.0368. The average Bonchev–Trinajstić information content (AvgIpc) is 3.48. The maximum Gasteiger partial charge on any atom is 0.573 e. The Hall–Kier alpha value is -3.63. The molecule has 2 atom stereocenters. The van der Waals surface area contributed by atoms with Gasteiger partial charge in [-0.2, -0.15) is 5.10 Å². The normalized spacial score (nSPS) is 20.5. The standard InChI is InChI=1S/C24H20F3N3O4/c25-24(26,27)34-22-8-4-3-7-21(22)31-12-20-13-32-23(33-20,14-30-16-28-15-29-30)19-10-9-17-5-1-2-6-18(17)11-19/h1-11,15-16,20H,12-14H2. The molecule has 1 saturated heterocycles. The van der Waals surface area contributed by atoms with Crippen molar-refractivity contribution in [3.8, 4) is 11.5 Å². The van der Waals surface area contributed by atoms with Crippen LogP contribution in [0, 0.1) is 0 Å². The van der Waals surface area contributed by atoms with E-state index in [1.54, 1.807) is 17.1 Å². The number of benzene rings is 3. The molecular weight excluding hydrogens is 451 g/mol. The van der Waals surface area contributed by atoms with Crippen LogP contribution in [0.4, 0.5) is 13.2 Å². The van der Waals surface area contributed by atoms with Crippen LogP contribution in [0.5, 0.6) is 11.5 Å². The number of hydrogen-bond donors (Lipinski definition) is 0. The highest BCUT2D eigenvalue weighted by Crippen LogP contribution is 2.38. The smallest absolute Gasteiger partial charge is 0.487 e. The van der Waals surface area contributed by atoms with E-state index in [4.69, 9.17) is 14.2 Å². The van der Waals surface area contributed by atoms with Crippen LogP contribution in [0.3, 0.4) is 0 Å². The van der Waals surface area contributed by atoms with Gasteiger partial charge in [-0.05, 0) is 29.0 Å². The highest BCUT2D eigenvalue weighted by atomic mass is 19.4. The number of alkyl halides is 3. The van der Waals surface area contributed by atoms with Gasteiger partial charge in [-0.15, -0.1) is 13.2 Å². The molecule has 1 fully saturated rings. The topological polar surface area (TPSA) is 67.6 Å². The van der Waals surface area contributed by atoms with Gasteiger partial charge < -0.3 is 18.9 Å². The van der Waals surface area contributed by atoms with E-state index in [1.807, 2.05) is 42.5 Å². The van der Waals surface area contributed by atoms with E-state index in [1.165, 1.54) is 24.5 Å². The molecule has 1 aromatic heterocycles. The summed E-state index contributed by atoms with van der Waals surface area (Å²) in [5.41, 5.74) is 0.782. The van der Waals surface area contributed by atoms with E-state index >= 15 is 0 Å². The van der Waals surface area contributed by atoms with Gasteiger partial charge in [0, 0.05) is 5.56 Å². The van der Waals surface area contributed by atoms with Crippen molar-refractivity contribution in [1.29, 1.82) is 0 Å². The minimum atomic E-state index is -4.82. The molecule has 0 N–H and O–H groups in total. The summed E-state index contributed by atoms with van der Waals surface area (Å²) in [5, 5.41) is 6.26. The van der Waals surface area contributed by atoms with Gasteiger partial charge in [-0.3, -0.25) is 0 Å². The Labute approximate surface area is 192 Å². The minimum Gasteiger partial charge on any atom is -0.487 e. The summed E-state index contributed by atoms with van der Waals surface area (Å²) in [6.07, 6.45) is -2.39. The molecule has 3 aromatic carbocycles. The predicted octanol–water partition coefficient (Wildman–Crippen LogP) is 4.68. The largest absolute Gasteiger partial charge is 0.573 e. The first kappa shape index (κ1) is 22.2. The van der Waals surface area contributed by atoms with Crippen LogP contribution in [0.1, 0.15) is 5.56 Å². The van der Waals surface area contributed by atoms with E-state index in [2.05, 4.69) is 14.8 Å². The van der Waals surface area contributed by atoms with E-state index < -0.39 is 24.0 Å². The van der Waals surface area contributed by atoms with Gasteiger partial charge in [0.15, 0.2) is 11.5 Å². The molecule has 0 saturated carbocycles. The number of nitrogens with zero attached hydrogens (tertiary/aromatic N) is 3. The van der Waals surface area contributed by atoms with Gasteiger partial charge in [0.2, 0.25) is 5.79 Å². The van der Waals surface area contributed by atoms with Crippen molar-refractivity contribution in [2.24, 2.45) is 0 Å². The fourth-order valence-corrected chi connectivity index (χ4v) is 3.89. The second-order valence-electron chi connectivity index (χ2n) is 7.76. The number of hydrogen-bond acceptors (Lipinski definition) is 6. The maximum atomic E-state index is 12.7. The molecule has 1 aliphatic rings. The third-order valence-corrected chi connectivity index (χ3v) is 5.39. The Morgan fingerprint density at radius 3 is 2.53 bits per heavy atom. The SMILES string of the molecule is FC(F)(F)Oc1ccccc1OCC1COC(Cn2cncn2)(c2ccc3ccccc3c2)O1. The molecule has 34 heavy (non-hydrogen) atoms. The fraction of sp³-hybridized carbons (Fsp3) is 0.250. The Morgan fingerprint density at radius 1 is 1.00 bits per heavy atom. The second kappa shape index (κ2) is 8.96. The number of para-hydroxylation sites is 2. The zero-order valence-electron chi connectivity index (χ0n) is 17.8. The van der Waals surface area contributed by atoms with Crippen molar-refractivity contribution < 1.29 is 32.1 Å². The third-order valence-electron chi connectivity index (χ3n) is 5.39. The summed E-state index contributed by atoms with van der Waals surface area (Å²) in [4.78, 5) is 3.98. The fourth-order valence-electron chi connectivity index (χ4n) is 3.89. The summed E-state index contributed by atoms with van der Waals surface area (Å²) in [5.74, 6) is -1.63. The quantitative estimate of drug-likeness (QED) is 0.390. The van der Waals surface area contributed by atoms with Gasteiger partial charge in [0.25, 0.3) is 0 Å². The highest BCUT2D eigenvalue weighted by molar-refractivity contribution is 5.83. The van der Waals surface area contributed by atoms with Crippen LogP contribution in [0.2, 0.25) is 0 Å². The molecule has 0 aliphatic carbocycles. The van der Waals surface area contributed by atoms with Crippen LogP contribution < -0.4 is 9.47 Å². The van der Waals surface area contributed by atoms with Crippen LogP contribution in [0.25, 0.3) is 10.8 Å². The zero-order valence-corrected chi connectivity index (χ0v) is 17.8. The number of aromatic nitrogens is 3. The van der Waals surface area contributed by atoms with Crippen LogP contribution in [-0.4, -0.2) is 40.4 Å². The molecular formula is C24H20F3N3O4. The predicted molar refractivity (Wildman–Crippen MR) is 115 cm³/mol. The molecule has 0 radical (unpaired) electrons. The number of halogens is 3. The first-order valence-corrected chi connectivity index (χ1v) is 10.5. The van der Waals surface area contributed by atoms with Crippen molar-refractivity contribution in [3.63, 3.8) is 0 Å². The lowest BCUT2D eigenvalue weighted by Gasteiger charge is -2.28. The van der Waals surface area contributed by atoms with Gasteiger partial charge in [0.05, 0.1) is 6.61 Å². The highest BCUT2D eigenvalue weighted by Gasteiger charge is 2.44. The molecule has 7 nitrogen and oxygen atoms in total. The van der Waals surface area contributed by atoms with Crippen LogP contribution >= 0.6 is 0 Å². The monoisotopic (exact) mass is 471 g/mol. The van der Waals surface area contributed by atoms with E-state index in [0.717, 1.165) is 16.3 Å². The Bertz CT molecular complexity index is 1270. The molecule has 0 bridgehead atoms. The summed E-state index contributed by atoms with van der Waals surface area (Å²) in [6, 6.07) is 19.4. The van der Waals surface area contributed by atoms with E-state index in [-0.39, 0.29) is 25.5 Å². The lowest BCUT2D eigenvalue weighted by Crippen LogP contribution is -2.34. The van der Waals surface area contributed by atoms with Crippen LogP contribution in [-0.2, 0) is 21.8 Å². The summed E-state index contributed by atoms with van der Waals surface area (Å²) < 4.78 is 61.9. The molecule has 176 valence electrons. The molecule has 0 amide bonds. The van der Waals surface area contributed by atoms with Gasteiger partial charge >= 0.3 is 6.36 Å². The van der Waals surface area contributed by atoms with E-state index in [0.29, 0.717) is 0 Å². The van der Waals surface area contributed by atoms with Gasteiger partial charge in [-0.25, -0.2) is 9.67 Å². The van der Waals surface area contributed by atoms with Crippen molar-refractivity contribution in [2.75, 3.05) is 13.2 Å². The van der Waals surface area contributed by atoms with Crippen molar-refractivity contribution in [3.05, 3.63) is 84.9 Å². The first-order valence-electron chi connectivity index (χ1n) is 10.5. The van der Waals surface area contributed by atoms with Crippen molar-refractivity contribution >= 4 is 10.8 Å². The summed E-state index contributed by atoms with van der Waals surface area (Å²) in [7, 11) is 0. The van der Waals surface area contributed by atoms with Crippen LogP contribution in [0.15, 0.2) is 79.4 Å². The molecule has 2 unspecified atom stereocenters. The zero-order chi connectivity index (χ0) is 23.6. The summed E-state index contributed by atoms with van der Waals surface area (Å²) in [6.45, 7) is 0.365. The maximum absolute atomic E-state index is 12.7. The number of rotatable bonds is 7. The molecule has 0 spiro atoms. The van der Waals surface area contributed by atoms with Crippen molar-refractivity contribution in [1.82, 2.24) is 14.8 Å². The van der Waals surface area contributed by atoms with Gasteiger partial charge in [0.1, 0.15) is 31.9 Å². The average molecular weight is 471 g/mol. The third kappa shape index (κ3) is 4.82. The number of fused-ring (bicyclic) bond motifs is 1. The van der Waals surface area contributed by atoms with E-state index in [9.17, 15) is 13.2 Å². The van der Waals surface area contributed by atoms with Crippen molar-refractivity contribution in [2.45, 2.75) is 24.8 Å². The summed E-state index contributed by atoms with van der Waals surface area (Å²) >= 11 is 0. The molecule has 2 heterocycles. The molecule has 4 aromatic rings. The Balaban J connectivity index is 1.37.